The molecule has 1 unspecified atom stereocenters. The van der Waals surface area contributed by atoms with Gasteiger partial charge in [0.15, 0.2) is 0 Å². The molecule has 0 aromatic rings. The average Bonchev–Trinajstić information content (AvgIpc) is 2.44. The minimum absolute atomic E-state index is 0.0479. The monoisotopic (exact) mass is 339 g/mol. The highest BCUT2D eigenvalue weighted by Gasteiger charge is 2.37. The van der Waals surface area contributed by atoms with Crippen LogP contribution in [0.5, 0.6) is 0 Å². The van der Waals surface area contributed by atoms with Gasteiger partial charge in [-0.3, -0.25) is 0 Å². The van der Waals surface area contributed by atoms with E-state index in [1.165, 1.54) is 0 Å². The number of carbonyl (C=O) groups excluding carboxylic acids is 1. The van der Waals surface area contributed by atoms with E-state index in [9.17, 15) is 9.90 Å². The molecule has 6 nitrogen and oxygen atoms in total. The fourth-order valence-electron chi connectivity index (χ4n) is 3.24. The summed E-state index contributed by atoms with van der Waals surface area (Å²) in [6.07, 6.45) is 2.51. The van der Waals surface area contributed by atoms with Gasteiger partial charge >= 0.3 is 6.09 Å². The normalized spacial score (nSPS) is 25.9. The molecule has 138 valence electrons. The van der Waals surface area contributed by atoms with Crippen LogP contribution >= 0.6 is 0 Å². The molecule has 1 saturated carbocycles. The van der Waals surface area contributed by atoms with E-state index < -0.39 is 11.2 Å². The zero-order valence-electron chi connectivity index (χ0n) is 16.0. The van der Waals surface area contributed by atoms with Crippen LogP contribution in [0.3, 0.4) is 0 Å². The van der Waals surface area contributed by atoms with Crippen LogP contribution in [0.2, 0.25) is 0 Å². The summed E-state index contributed by atoms with van der Waals surface area (Å²) < 4.78 is 5.41. The quantitative estimate of drug-likeness (QED) is 0.833. The lowest BCUT2D eigenvalue weighted by Crippen LogP contribution is -2.50. The van der Waals surface area contributed by atoms with E-state index >= 15 is 0 Å². The maximum atomic E-state index is 12.2. The highest BCUT2D eigenvalue weighted by atomic mass is 16.6. The lowest BCUT2D eigenvalue weighted by molar-refractivity contribution is -0.0423. The summed E-state index contributed by atoms with van der Waals surface area (Å²) in [5.41, 5.74) is -1.24. The highest BCUT2D eigenvalue weighted by Crippen LogP contribution is 2.31. The maximum Gasteiger partial charge on any atom is 0.410 e. The van der Waals surface area contributed by atoms with E-state index in [2.05, 4.69) is 6.07 Å². The Balaban J connectivity index is 2.50. The Morgan fingerprint density at radius 2 is 1.92 bits per heavy atom. The fourth-order valence-corrected chi connectivity index (χ4v) is 3.24. The molecular formula is C18H33N3O3. The first-order valence-electron chi connectivity index (χ1n) is 8.72. The standard InChI is InChI=1S/C18H33N3O3/c1-14(11-19)12-20(5)13-18(23)9-7-15(8-10-18)21(6)16(22)24-17(2,3)4/h14-15,23H,7-10,12-13H2,1-6H3. The van der Waals surface area contributed by atoms with Gasteiger partial charge in [-0.15, -0.1) is 0 Å². The molecule has 0 heterocycles. The Morgan fingerprint density at radius 1 is 1.38 bits per heavy atom. The lowest BCUT2D eigenvalue weighted by atomic mass is 9.81. The van der Waals surface area contributed by atoms with Crippen molar-refractivity contribution in [2.24, 2.45) is 5.92 Å². The summed E-state index contributed by atoms with van der Waals surface area (Å²) in [6, 6.07) is 2.32. The molecule has 1 rings (SSSR count). The van der Waals surface area contributed by atoms with Gasteiger partial charge in [0.05, 0.1) is 17.6 Å². The minimum atomic E-state index is -0.741. The molecule has 0 aromatic carbocycles. The van der Waals surface area contributed by atoms with Gasteiger partial charge in [-0.25, -0.2) is 4.79 Å². The van der Waals surface area contributed by atoms with E-state index in [0.717, 1.165) is 12.8 Å². The van der Waals surface area contributed by atoms with Crippen LogP contribution in [0, 0.1) is 17.2 Å². The van der Waals surface area contributed by atoms with Gasteiger partial charge in [0, 0.05) is 26.2 Å². The predicted molar refractivity (Wildman–Crippen MR) is 93.5 cm³/mol. The van der Waals surface area contributed by atoms with E-state index in [0.29, 0.717) is 25.9 Å². The number of nitriles is 1. The Hall–Kier alpha value is -1.32. The van der Waals surface area contributed by atoms with Gasteiger partial charge in [-0.1, -0.05) is 0 Å². The van der Waals surface area contributed by atoms with Gasteiger partial charge in [-0.05, 0) is 60.4 Å². The number of likely N-dealkylation sites (N-methyl/N-ethyl adjacent to an activating group) is 1. The molecule has 24 heavy (non-hydrogen) atoms. The SMILES string of the molecule is CC(C#N)CN(C)CC1(O)CCC(N(C)C(=O)OC(C)(C)C)CC1. The van der Waals surface area contributed by atoms with Crippen molar-refractivity contribution in [2.45, 2.75) is 70.6 Å². The van der Waals surface area contributed by atoms with Crippen molar-refractivity contribution in [1.29, 1.82) is 5.26 Å². The van der Waals surface area contributed by atoms with Crippen molar-refractivity contribution in [3.05, 3.63) is 0 Å². The Kier molecular flexibility index (Phi) is 7.06. The van der Waals surface area contributed by atoms with Crippen LogP contribution in [0.4, 0.5) is 4.79 Å². The van der Waals surface area contributed by atoms with Crippen molar-refractivity contribution >= 4 is 6.09 Å². The fraction of sp³-hybridized carbons (Fsp3) is 0.889. The third-order valence-corrected chi connectivity index (χ3v) is 4.49. The first-order chi connectivity index (χ1) is 11.0. The lowest BCUT2D eigenvalue weighted by Gasteiger charge is -2.41. The number of ether oxygens (including phenoxy) is 1. The summed E-state index contributed by atoms with van der Waals surface area (Å²) in [5.74, 6) is -0.0479. The Bertz CT molecular complexity index is 459. The molecule has 1 atom stereocenters. The third-order valence-electron chi connectivity index (χ3n) is 4.49. The molecule has 1 fully saturated rings. The van der Waals surface area contributed by atoms with Gasteiger partial charge in [0.25, 0.3) is 0 Å². The van der Waals surface area contributed by atoms with Crippen molar-refractivity contribution in [3.8, 4) is 6.07 Å². The second kappa shape index (κ2) is 8.17. The first-order valence-corrected chi connectivity index (χ1v) is 8.72. The molecule has 0 spiro atoms. The zero-order valence-corrected chi connectivity index (χ0v) is 16.0. The number of nitrogens with zero attached hydrogens (tertiary/aromatic N) is 3. The molecule has 0 bridgehead atoms. The molecule has 1 aliphatic carbocycles. The van der Waals surface area contributed by atoms with Gasteiger partial charge in [0.2, 0.25) is 0 Å². The summed E-state index contributed by atoms with van der Waals surface area (Å²) in [5, 5.41) is 19.7. The van der Waals surface area contributed by atoms with Crippen LogP contribution in [0.15, 0.2) is 0 Å². The third kappa shape index (κ3) is 6.66. The topological polar surface area (TPSA) is 76.8 Å². The largest absolute Gasteiger partial charge is 0.444 e. The van der Waals surface area contributed by atoms with Gasteiger partial charge < -0.3 is 19.6 Å². The van der Waals surface area contributed by atoms with Gasteiger partial charge in [-0.2, -0.15) is 5.26 Å². The maximum absolute atomic E-state index is 12.2. The molecule has 1 aliphatic rings. The van der Waals surface area contributed by atoms with E-state index in [-0.39, 0.29) is 18.1 Å². The van der Waals surface area contributed by atoms with Gasteiger partial charge in [0.1, 0.15) is 5.60 Å². The van der Waals surface area contributed by atoms with E-state index in [4.69, 9.17) is 10.00 Å². The number of hydrogen-bond acceptors (Lipinski definition) is 5. The Labute approximate surface area is 146 Å². The molecule has 0 aromatic heterocycles. The average molecular weight is 339 g/mol. The van der Waals surface area contributed by atoms with Crippen molar-refractivity contribution in [1.82, 2.24) is 9.80 Å². The second-order valence-corrected chi connectivity index (χ2v) is 8.27. The number of rotatable bonds is 5. The van der Waals surface area contributed by atoms with Crippen LogP contribution < -0.4 is 0 Å². The molecule has 1 amide bonds. The summed E-state index contributed by atoms with van der Waals surface area (Å²) in [4.78, 5) is 15.8. The van der Waals surface area contributed by atoms with Crippen molar-refractivity contribution in [3.63, 3.8) is 0 Å². The highest BCUT2D eigenvalue weighted by molar-refractivity contribution is 5.68. The number of aliphatic hydroxyl groups is 1. The van der Waals surface area contributed by atoms with Crippen LogP contribution in [0.25, 0.3) is 0 Å². The van der Waals surface area contributed by atoms with E-state index in [1.54, 1.807) is 11.9 Å². The van der Waals surface area contributed by atoms with Crippen LogP contribution in [-0.2, 0) is 4.74 Å². The van der Waals surface area contributed by atoms with E-state index in [1.807, 2.05) is 39.6 Å². The minimum Gasteiger partial charge on any atom is -0.444 e. The predicted octanol–water partition coefficient (Wildman–Crippen LogP) is 2.62. The summed E-state index contributed by atoms with van der Waals surface area (Å²) >= 11 is 0. The summed E-state index contributed by atoms with van der Waals surface area (Å²) in [6.45, 7) is 8.67. The number of hydrogen-bond donors (Lipinski definition) is 1. The molecule has 0 aliphatic heterocycles. The molecule has 0 saturated heterocycles. The summed E-state index contributed by atoms with van der Waals surface area (Å²) in [7, 11) is 3.70. The number of carbonyl (C=O) groups is 1. The smallest absolute Gasteiger partial charge is 0.410 e. The molecule has 0 radical (unpaired) electrons. The van der Waals surface area contributed by atoms with Crippen LogP contribution in [-0.4, -0.2) is 65.4 Å². The molecular weight excluding hydrogens is 306 g/mol. The first kappa shape index (κ1) is 20.7. The number of amides is 1. The molecule has 6 heteroatoms. The van der Waals surface area contributed by atoms with Crippen molar-refractivity contribution in [2.75, 3.05) is 27.2 Å². The second-order valence-electron chi connectivity index (χ2n) is 8.27. The van der Waals surface area contributed by atoms with Crippen molar-refractivity contribution < 1.29 is 14.6 Å². The Morgan fingerprint density at radius 3 is 2.38 bits per heavy atom. The molecule has 1 N–H and O–H groups in total. The van der Waals surface area contributed by atoms with Crippen LogP contribution in [0.1, 0.15) is 53.4 Å². The zero-order chi connectivity index (χ0) is 18.5.